The van der Waals surface area contributed by atoms with Gasteiger partial charge in [0.25, 0.3) is 5.91 Å². The predicted octanol–water partition coefficient (Wildman–Crippen LogP) is 0.495. The Balaban J connectivity index is 1.72. The van der Waals surface area contributed by atoms with Crippen molar-refractivity contribution in [3.05, 3.63) is 46.8 Å². The van der Waals surface area contributed by atoms with E-state index in [1.165, 1.54) is 9.58 Å². The maximum atomic E-state index is 12.0. The molecule has 28 heavy (non-hydrogen) atoms. The molecule has 1 aromatic carbocycles. The van der Waals surface area contributed by atoms with Crippen LogP contribution in [0.2, 0.25) is 0 Å². The minimum atomic E-state index is -1.69. The van der Waals surface area contributed by atoms with Crippen LogP contribution in [0.25, 0.3) is 5.69 Å². The molecule has 4 rings (SSSR count). The summed E-state index contributed by atoms with van der Waals surface area (Å²) in [6.45, 7) is 0.444. The summed E-state index contributed by atoms with van der Waals surface area (Å²) in [5, 5.41) is 34.2. The van der Waals surface area contributed by atoms with Gasteiger partial charge in [-0.3, -0.25) is 4.79 Å². The van der Waals surface area contributed by atoms with E-state index in [1.54, 1.807) is 31.3 Å². The van der Waals surface area contributed by atoms with Crippen molar-refractivity contribution in [1.82, 2.24) is 14.7 Å². The third-order valence-electron chi connectivity index (χ3n) is 5.22. The van der Waals surface area contributed by atoms with Crippen molar-refractivity contribution in [1.29, 1.82) is 0 Å². The van der Waals surface area contributed by atoms with Gasteiger partial charge in [-0.25, -0.2) is 9.48 Å². The number of hydrogen-bond donors (Lipinski definition) is 3. The molecular weight excluding hydrogens is 362 g/mol. The zero-order valence-corrected chi connectivity index (χ0v) is 15.2. The number of amides is 1. The number of aromatic nitrogens is 2. The monoisotopic (exact) mass is 381 g/mol. The van der Waals surface area contributed by atoms with E-state index in [0.717, 1.165) is 0 Å². The number of aliphatic hydroxyl groups excluding tert-OH is 1. The second-order valence-corrected chi connectivity index (χ2v) is 7.12. The Kier molecular flexibility index (Phi) is 4.22. The second-order valence-electron chi connectivity index (χ2n) is 7.12. The highest BCUT2D eigenvalue weighted by molar-refractivity contribution is 5.90. The molecule has 0 bridgehead atoms. The number of likely N-dealkylation sites (N-methyl/N-ethyl adjacent to an activating group) is 1. The number of carboxylic acid groups (broad SMARTS) is 1. The van der Waals surface area contributed by atoms with E-state index in [-0.39, 0.29) is 12.1 Å². The molecule has 1 saturated heterocycles. The number of rotatable bonds is 2. The molecule has 1 aliphatic heterocycles. The summed E-state index contributed by atoms with van der Waals surface area (Å²) in [5.41, 5.74) is 0.376. The van der Waals surface area contributed by atoms with Gasteiger partial charge in [0.2, 0.25) is 5.60 Å². The van der Waals surface area contributed by atoms with Gasteiger partial charge in [-0.1, -0.05) is 17.9 Å². The molecule has 3 N–H and O–H groups in total. The van der Waals surface area contributed by atoms with Crippen LogP contribution in [-0.4, -0.2) is 61.1 Å². The first-order valence-electron chi connectivity index (χ1n) is 8.95. The van der Waals surface area contributed by atoms with Gasteiger partial charge in [0, 0.05) is 31.1 Å². The first-order valence-corrected chi connectivity index (χ1v) is 8.95. The number of hydrogen-bond acceptors (Lipinski definition) is 5. The fourth-order valence-electron chi connectivity index (χ4n) is 3.70. The first kappa shape index (κ1) is 18.2. The van der Waals surface area contributed by atoms with Crippen LogP contribution in [0.1, 0.15) is 46.3 Å². The number of carbonyl (C=O) groups is 2. The summed E-state index contributed by atoms with van der Waals surface area (Å²) in [5.74, 6) is 3.93. The summed E-state index contributed by atoms with van der Waals surface area (Å²) in [6.07, 6.45) is 0.379. The summed E-state index contributed by atoms with van der Waals surface area (Å²) in [7, 11) is 1.62. The van der Waals surface area contributed by atoms with Crippen molar-refractivity contribution in [2.75, 3.05) is 13.6 Å². The number of likely N-dealkylation sites (tertiary alicyclic amines) is 1. The van der Waals surface area contributed by atoms with Crippen molar-refractivity contribution < 1.29 is 24.9 Å². The van der Waals surface area contributed by atoms with Crippen molar-refractivity contribution >= 4 is 11.9 Å². The molecule has 2 aromatic rings. The van der Waals surface area contributed by atoms with Gasteiger partial charge in [-0.2, -0.15) is 5.10 Å². The average molecular weight is 381 g/mol. The first-order chi connectivity index (χ1) is 13.3. The molecule has 144 valence electrons. The molecular formula is C20H19N3O5. The summed E-state index contributed by atoms with van der Waals surface area (Å²) < 4.78 is 1.44. The quantitative estimate of drug-likeness (QED) is 0.652. The van der Waals surface area contributed by atoms with Crippen LogP contribution in [0, 0.1) is 11.8 Å². The van der Waals surface area contributed by atoms with Crippen LogP contribution in [0.4, 0.5) is 0 Å². The van der Waals surface area contributed by atoms with Crippen LogP contribution < -0.4 is 0 Å². The normalized spacial score (nSPS) is 23.5. The van der Waals surface area contributed by atoms with E-state index in [1.807, 2.05) is 0 Å². The Labute approximate surface area is 161 Å². The number of fused-ring (bicyclic) bond motifs is 1. The van der Waals surface area contributed by atoms with Gasteiger partial charge in [-0.05, 0) is 31.0 Å². The van der Waals surface area contributed by atoms with Gasteiger partial charge in [-0.15, -0.1) is 0 Å². The number of benzene rings is 1. The summed E-state index contributed by atoms with van der Waals surface area (Å²) in [6, 6.07) is 6.87. The van der Waals surface area contributed by atoms with E-state index < -0.39 is 23.6 Å². The molecule has 1 aliphatic carbocycles. The molecule has 0 radical (unpaired) electrons. The van der Waals surface area contributed by atoms with E-state index >= 15 is 0 Å². The van der Waals surface area contributed by atoms with Gasteiger partial charge in [0.15, 0.2) is 5.69 Å². The fourth-order valence-corrected chi connectivity index (χ4v) is 3.70. The lowest BCUT2D eigenvalue weighted by Crippen LogP contribution is -2.37. The summed E-state index contributed by atoms with van der Waals surface area (Å²) >= 11 is 0. The molecule has 1 amide bonds. The zero-order valence-electron chi connectivity index (χ0n) is 15.2. The lowest BCUT2D eigenvalue weighted by Gasteiger charge is -2.13. The molecule has 2 atom stereocenters. The van der Waals surface area contributed by atoms with Crippen molar-refractivity contribution in [3.63, 3.8) is 0 Å². The highest BCUT2D eigenvalue weighted by atomic mass is 16.4. The van der Waals surface area contributed by atoms with E-state index in [2.05, 4.69) is 16.9 Å². The molecule has 2 heterocycles. The third-order valence-corrected chi connectivity index (χ3v) is 5.22. The topological polar surface area (TPSA) is 116 Å². The maximum Gasteiger partial charge on any atom is 0.356 e. The zero-order chi connectivity index (χ0) is 20.1. The number of carboxylic acids is 1. The largest absolute Gasteiger partial charge is 0.476 e. The van der Waals surface area contributed by atoms with Crippen molar-refractivity contribution in [3.8, 4) is 17.5 Å². The Hall–Kier alpha value is -3.15. The van der Waals surface area contributed by atoms with Crippen LogP contribution in [0.3, 0.4) is 0 Å². The molecule has 2 aliphatic rings. The second kappa shape index (κ2) is 6.48. The fraction of sp³-hybridized carbons (Fsp3) is 0.350. The molecule has 1 fully saturated rings. The molecule has 8 heteroatoms. The molecule has 0 saturated carbocycles. The maximum absolute atomic E-state index is 12.0. The minimum Gasteiger partial charge on any atom is -0.476 e. The van der Waals surface area contributed by atoms with E-state index in [4.69, 9.17) is 0 Å². The highest BCUT2D eigenvalue weighted by Crippen LogP contribution is 2.35. The standard InChI is InChI=1S/C20H19N3O5/c1-22-10-9-20(28,19(22)27)8-7-12-3-2-4-13(11-12)23-17-14(5-6-15(17)24)16(21-23)18(25)26/h2-4,11,15,24,28H,5-6,9-10H2,1H3,(H,25,26)/t15?,20-/m0/s1. The van der Waals surface area contributed by atoms with Crippen LogP contribution in [0.15, 0.2) is 24.3 Å². The van der Waals surface area contributed by atoms with E-state index in [9.17, 15) is 24.9 Å². The molecule has 0 spiro atoms. The van der Waals surface area contributed by atoms with E-state index in [0.29, 0.717) is 41.9 Å². The average Bonchev–Trinajstić information content (AvgIpc) is 3.31. The lowest BCUT2D eigenvalue weighted by atomic mass is 10.0. The molecule has 8 nitrogen and oxygen atoms in total. The SMILES string of the molecule is CN1CC[C@@](O)(C#Cc2cccc(-n3nc(C(=O)O)c4c3C(O)CC4)c2)C1=O. The number of aromatic carboxylic acids is 1. The smallest absolute Gasteiger partial charge is 0.356 e. The third kappa shape index (κ3) is 2.85. The minimum absolute atomic E-state index is 0.0584. The molecule has 1 unspecified atom stereocenters. The van der Waals surface area contributed by atoms with Crippen molar-refractivity contribution in [2.24, 2.45) is 0 Å². The Morgan fingerprint density at radius 3 is 2.86 bits per heavy atom. The predicted molar refractivity (Wildman–Crippen MR) is 97.9 cm³/mol. The Morgan fingerprint density at radius 1 is 1.39 bits per heavy atom. The van der Waals surface area contributed by atoms with Crippen molar-refractivity contribution in [2.45, 2.75) is 31.0 Å². The van der Waals surface area contributed by atoms with Gasteiger partial charge in [0.1, 0.15) is 0 Å². The van der Waals surface area contributed by atoms with Crippen LogP contribution in [0.5, 0.6) is 0 Å². The number of carbonyl (C=O) groups excluding carboxylic acids is 1. The Bertz CT molecular complexity index is 1050. The van der Waals surface area contributed by atoms with Gasteiger partial charge >= 0.3 is 5.97 Å². The van der Waals surface area contributed by atoms with Gasteiger partial charge < -0.3 is 20.2 Å². The number of nitrogens with zero attached hydrogens (tertiary/aromatic N) is 3. The Morgan fingerprint density at radius 2 is 2.18 bits per heavy atom. The lowest BCUT2D eigenvalue weighted by molar-refractivity contribution is -0.137. The van der Waals surface area contributed by atoms with Crippen LogP contribution in [-0.2, 0) is 11.2 Å². The highest BCUT2D eigenvalue weighted by Gasteiger charge is 2.42. The number of aliphatic hydroxyl groups is 2. The summed E-state index contributed by atoms with van der Waals surface area (Å²) in [4.78, 5) is 25.0. The molecule has 1 aromatic heterocycles. The van der Waals surface area contributed by atoms with Gasteiger partial charge in [0.05, 0.1) is 17.5 Å². The van der Waals surface area contributed by atoms with Crippen LogP contribution >= 0.6 is 0 Å².